The lowest BCUT2D eigenvalue weighted by Crippen LogP contribution is -2.06. The first-order valence-electron chi connectivity index (χ1n) is 11.6. The number of hydrogen-bond acceptors (Lipinski definition) is 4. The van der Waals surface area contributed by atoms with Crippen molar-refractivity contribution in [1.82, 2.24) is 0 Å². The molecule has 0 fully saturated rings. The van der Waals surface area contributed by atoms with Crippen molar-refractivity contribution < 1.29 is 5.11 Å². The quantitative estimate of drug-likeness (QED) is 0.187. The molecule has 0 aliphatic heterocycles. The highest BCUT2D eigenvalue weighted by molar-refractivity contribution is 6.48. The summed E-state index contributed by atoms with van der Waals surface area (Å²) < 4.78 is 0. The molecule has 34 heavy (non-hydrogen) atoms. The lowest BCUT2D eigenvalue weighted by atomic mass is 9.86. The molecule has 2 atom stereocenters. The first-order valence-corrected chi connectivity index (χ1v) is 11.6. The molecule has 0 amide bonds. The van der Waals surface area contributed by atoms with Crippen molar-refractivity contribution in [2.75, 3.05) is 5.73 Å². The Balaban J connectivity index is 0.000000343. The molecule has 4 heteroatoms. The number of phenolic OH excluding ortho intramolecular Hbond substituents is 1. The maximum atomic E-state index is 10.5. The van der Waals surface area contributed by atoms with Crippen LogP contribution in [0.3, 0.4) is 0 Å². The van der Waals surface area contributed by atoms with Crippen LogP contribution in [-0.2, 0) is 0 Å². The number of anilines is 1. The minimum atomic E-state index is 0.0800. The number of nitrogens with two attached hydrogens (primary N) is 1. The molecule has 4 rings (SSSR count). The van der Waals surface area contributed by atoms with Crippen LogP contribution in [0.1, 0.15) is 61.8 Å². The third kappa shape index (κ3) is 6.79. The third-order valence-corrected chi connectivity index (χ3v) is 5.68. The Morgan fingerprint density at radius 2 is 1.12 bits per heavy atom. The number of nitrogens with one attached hydrogen (secondary N) is 2. The van der Waals surface area contributed by atoms with E-state index >= 15 is 0 Å². The van der Waals surface area contributed by atoms with E-state index in [4.69, 9.17) is 16.6 Å². The topological polar surface area (TPSA) is 93.9 Å². The van der Waals surface area contributed by atoms with Gasteiger partial charge < -0.3 is 10.8 Å². The van der Waals surface area contributed by atoms with Crippen molar-refractivity contribution >= 4 is 17.1 Å². The standard InChI is InChI=1S/C22H23NO.C6H6N2.C2H6/c1-15(17-9-5-3-6-10-17)19-13-20(22(24)21(23)14-19)16(2)18-11-7-4-8-12-18;7-5-3-1-2-4-6(5)8;1-2/h3-16,24H,23H2,1-2H3;1-4,7-8H;1-2H3. The van der Waals surface area contributed by atoms with Gasteiger partial charge in [0.15, 0.2) is 0 Å². The van der Waals surface area contributed by atoms with Crippen LogP contribution in [0.4, 0.5) is 5.69 Å². The Hall–Kier alpha value is -3.92. The molecule has 0 heterocycles. The monoisotopic (exact) mass is 453 g/mol. The maximum absolute atomic E-state index is 10.5. The maximum Gasteiger partial charge on any atom is 0.142 e. The summed E-state index contributed by atoms with van der Waals surface area (Å²) in [5, 5.41) is 24.5. The second kappa shape index (κ2) is 12.9. The van der Waals surface area contributed by atoms with E-state index in [-0.39, 0.29) is 29.0 Å². The van der Waals surface area contributed by atoms with E-state index in [1.165, 1.54) is 5.56 Å². The molecule has 2 unspecified atom stereocenters. The van der Waals surface area contributed by atoms with E-state index in [1.807, 2.05) is 56.3 Å². The first kappa shape index (κ1) is 26.3. The van der Waals surface area contributed by atoms with Crippen LogP contribution in [-0.4, -0.2) is 16.5 Å². The Morgan fingerprint density at radius 3 is 1.56 bits per heavy atom. The second-order valence-corrected chi connectivity index (χ2v) is 7.86. The molecule has 0 saturated carbocycles. The number of benzene rings is 3. The van der Waals surface area contributed by atoms with Gasteiger partial charge in [-0.25, -0.2) is 0 Å². The number of allylic oxidation sites excluding steroid dienone is 4. The highest BCUT2D eigenvalue weighted by atomic mass is 16.3. The fourth-order valence-electron chi connectivity index (χ4n) is 3.62. The molecule has 4 nitrogen and oxygen atoms in total. The van der Waals surface area contributed by atoms with Gasteiger partial charge in [-0.1, -0.05) is 107 Å². The minimum absolute atomic E-state index is 0.0800. The zero-order valence-corrected chi connectivity index (χ0v) is 20.4. The average Bonchev–Trinajstić information content (AvgIpc) is 2.89. The largest absolute Gasteiger partial charge is 0.505 e. The van der Waals surface area contributed by atoms with Gasteiger partial charge in [0.05, 0.1) is 17.1 Å². The molecule has 0 bridgehead atoms. The second-order valence-electron chi connectivity index (χ2n) is 7.86. The van der Waals surface area contributed by atoms with Gasteiger partial charge >= 0.3 is 0 Å². The Labute approximate surface area is 203 Å². The SMILES string of the molecule is CC.CC(c1ccccc1)c1cc(N)c(O)c(C(C)c2ccccc2)c1.N=C1C=CC=CC1=N. The van der Waals surface area contributed by atoms with Gasteiger partial charge in [0.2, 0.25) is 0 Å². The molecule has 0 spiro atoms. The lowest BCUT2D eigenvalue weighted by Gasteiger charge is -2.20. The van der Waals surface area contributed by atoms with E-state index in [0.29, 0.717) is 5.69 Å². The molecule has 5 N–H and O–H groups in total. The van der Waals surface area contributed by atoms with Crippen molar-refractivity contribution in [2.45, 2.75) is 39.5 Å². The van der Waals surface area contributed by atoms with Gasteiger partial charge in [0, 0.05) is 17.4 Å². The van der Waals surface area contributed by atoms with E-state index in [0.717, 1.165) is 16.7 Å². The summed E-state index contributed by atoms with van der Waals surface area (Å²) in [5.74, 6) is 0.489. The van der Waals surface area contributed by atoms with Crippen LogP contribution >= 0.6 is 0 Å². The van der Waals surface area contributed by atoms with Crippen molar-refractivity contribution in [1.29, 1.82) is 10.8 Å². The summed E-state index contributed by atoms with van der Waals surface area (Å²) in [7, 11) is 0. The summed E-state index contributed by atoms with van der Waals surface area (Å²) in [6, 6.07) is 24.5. The molecular weight excluding hydrogens is 418 g/mol. The average molecular weight is 454 g/mol. The van der Waals surface area contributed by atoms with Gasteiger partial charge in [-0.3, -0.25) is 10.8 Å². The third-order valence-electron chi connectivity index (χ3n) is 5.68. The van der Waals surface area contributed by atoms with Crippen molar-refractivity contribution in [3.05, 3.63) is 119 Å². The molecule has 1 aliphatic carbocycles. The minimum Gasteiger partial charge on any atom is -0.505 e. The van der Waals surface area contributed by atoms with E-state index < -0.39 is 0 Å². The Morgan fingerprint density at radius 1 is 0.676 bits per heavy atom. The molecule has 1 aliphatic rings. The lowest BCUT2D eigenvalue weighted by molar-refractivity contribution is 0.468. The molecule has 3 aromatic rings. The van der Waals surface area contributed by atoms with Crippen molar-refractivity contribution in [3.63, 3.8) is 0 Å². The van der Waals surface area contributed by atoms with Crippen LogP contribution in [0.15, 0.2) is 97.1 Å². The van der Waals surface area contributed by atoms with Crippen molar-refractivity contribution in [2.24, 2.45) is 0 Å². The van der Waals surface area contributed by atoms with Crippen LogP contribution in [0.5, 0.6) is 5.75 Å². The summed E-state index contributed by atoms with van der Waals surface area (Å²) in [5.41, 5.74) is 11.5. The van der Waals surface area contributed by atoms with E-state index in [1.54, 1.807) is 24.3 Å². The molecule has 3 aromatic carbocycles. The summed E-state index contributed by atoms with van der Waals surface area (Å²) in [6.07, 6.45) is 6.70. The van der Waals surface area contributed by atoms with Crippen molar-refractivity contribution in [3.8, 4) is 5.75 Å². The summed E-state index contributed by atoms with van der Waals surface area (Å²) in [6.45, 7) is 8.26. The van der Waals surface area contributed by atoms with Crippen LogP contribution < -0.4 is 5.73 Å². The highest BCUT2D eigenvalue weighted by Gasteiger charge is 2.18. The van der Waals surface area contributed by atoms with Gasteiger partial charge in [-0.2, -0.15) is 0 Å². The number of phenols is 1. The predicted octanol–water partition coefficient (Wildman–Crippen LogP) is 7.46. The fourth-order valence-corrected chi connectivity index (χ4v) is 3.62. The van der Waals surface area contributed by atoms with Crippen LogP contribution in [0.25, 0.3) is 0 Å². The number of nitrogen functional groups attached to an aromatic ring is 1. The van der Waals surface area contributed by atoms with Gasteiger partial charge in [-0.05, 0) is 34.9 Å². The van der Waals surface area contributed by atoms with E-state index in [9.17, 15) is 5.11 Å². The van der Waals surface area contributed by atoms with Gasteiger partial charge in [0.25, 0.3) is 0 Å². The molecule has 0 aromatic heterocycles. The zero-order valence-electron chi connectivity index (χ0n) is 20.4. The molecule has 0 saturated heterocycles. The molecular formula is C30H35N3O. The first-order chi connectivity index (χ1) is 16.4. The normalized spacial score (nSPS) is 13.8. The zero-order chi connectivity index (χ0) is 25.1. The molecule has 176 valence electrons. The summed E-state index contributed by atoms with van der Waals surface area (Å²) in [4.78, 5) is 0. The summed E-state index contributed by atoms with van der Waals surface area (Å²) >= 11 is 0. The van der Waals surface area contributed by atoms with Gasteiger partial charge in [0.1, 0.15) is 5.75 Å². The number of rotatable bonds is 4. The fraction of sp³-hybridized carbons (Fsp3) is 0.200. The van der Waals surface area contributed by atoms with Crippen LogP contribution in [0.2, 0.25) is 0 Å². The molecule has 0 radical (unpaired) electrons. The Bertz CT molecular complexity index is 1130. The van der Waals surface area contributed by atoms with E-state index in [2.05, 4.69) is 44.2 Å². The van der Waals surface area contributed by atoms with Gasteiger partial charge in [-0.15, -0.1) is 0 Å². The Kier molecular flexibility index (Phi) is 10.0. The number of hydrogen-bond donors (Lipinski definition) is 4. The number of aromatic hydroxyl groups is 1. The highest BCUT2D eigenvalue weighted by Crippen LogP contribution is 2.38. The smallest absolute Gasteiger partial charge is 0.142 e. The predicted molar refractivity (Wildman–Crippen MR) is 146 cm³/mol. The van der Waals surface area contributed by atoms with Crippen LogP contribution in [0, 0.1) is 10.8 Å².